The summed E-state index contributed by atoms with van der Waals surface area (Å²) in [7, 11) is 1.54. The first-order chi connectivity index (χ1) is 23.5. The molecule has 288 valence electrons. The van der Waals surface area contributed by atoms with Crippen LogP contribution < -0.4 is 5.32 Å². The number of nitrogens with one attached hydrogen (secondary N) is 1. The Kier molecular flexibility index (Phi) is 31.8. The van der Waals surface area contributed by atoms with Crippen LogP contribution in [0.15, 0.2) is 36.5 Å². The highest BCUT2D eigenvalue weighted by molar-refractivity contribution is 7.47. The summed E-state index contributed by atoms with van der Waals surface area (Å²) >= 11 is 0. The lowest BCUT2D eigenvalue weighted by Crippen LogP contribution is -2.45. The van der Waals surface area contributed by atoms with Crippen molar-refractivity contribution in [1.29, 1.82) is 0 Å². The van der Waals surface area contributed by atoms with E-state index in [1.54, 1.807) is 6.08 Å². The summed E-state index contributed by atoms with van der Waals surface area (Å²) in [6.45, 7) is 4.71. The second-order valence-corrected chi connectivity index (χ2v) is 16.1. The van der Waals surface area contributed by atoms with Gasteiger partial charge in [-0.2, -0.15) is 0 Å². The standard InChI is InChI=1S/C40H77N2O6P/c1-6-8-10-12-14-16-18-19-20-21-22-23-24-25-27-29-31-33-39(43)38(37-48-49(45,46)47-36-35-42(3,4)5)41-40(44)34-32-30-28-26-17-15-13-11-9-7-2/h13,15,24-25,31,33,38-39,43H,6-12,14,16-23,26-30,32,34-37H2,1-5H3,(H-,41,44,45,46)/p+1/b15-13-,25-24+,33-31+. The fourth-order valence-corrected chi connectivity index (χ4v) is 6.07. The van der Waals surface area contributed by atoms with Crippen LogP contribution in [-0.4, -0.2) is 73.4 Å². The highest BCUT2D eigenvalue weighted by Gasteiger charge is 2.27. The number of carbonyl (C=O) groups excluding carboxylic acids is 1. The molecule has 49 heavy (non-hydrogen) atoms. The van der Waals surface area contributed by atoms with Gasteiger partial charge in [0.05, 0.1) is 39.9 Å². The van der Waals surface area contributed by atoms with Crippen LogP contribution in [-0.2, 0) is 18.4 Å². The van der Waals surface area contributed by atoms with E-state index in [1.807, 2.05) is 27.2 Å². The van der Waals surface area contributed by atoms with Crippen LogP contribution in [0.2, 0.25) is 0 Å². The molecule has 0 aromatic carbocycles. The molecule has 1 amide bonds. The molecule has 0 fully saturated rings. The largest absolute Gasteiger partial charge is 0.472 e. The average Bonchev–Trinajstić information content (AvgIpc) is 3.04. The molecule has 0 aromatic heterocycles. The van der Waals surface area contributed by atoms with Crippen molar-refractivity contribution in [2.45, 2.75) is 174 Å². The van der Waals surface area contributed by atoms with Crippen LogP contribution in [0.25, 0.3) is 0 Å². The van der Waals surface area contributed by atoms with Gasteiger partial charge in [-0.3, -0.25) is 13.8 Å². The third-order valence-electron chi connectivity index (χ3n) is 8.58. The van der Waals surface area contributed by atoms with Gasteiger partial charge in [-0.15, -0.1) is 0 Å². The second-order valence-electron chi connectivity index (χ2n) is 14.6. The second kappa shape index (κ2) is 32.6. The minimum atomic E-state index is -4.34. The maximum Gasteiger partial charge on any atom is 0.472 e. The van der Waals surface area contributed by atoms with Crippen LogP contribution in [0.5, 0.6) is 0 Å². The minimum Gasteiger partial charge on any atom is -0.387 e. The number of likely N-dealkylation sites (N-methyl/N-ethyl adjacent to an activating group) is 1. The van der Waals surface area contributed by atoms with Gasteiger partial charge < -0.3 is 19.8 Å². The number of hydrogen-bond acceptors (Lipinski definition) is 5. The van der Waals surface area contributed by atoms with Gasteiger partial charge in [-0.25, -0.2) is 4.57 Å². The minimum absolute atomic E-state index is 0.0536. The Morgan fingerprint density at radius 3 is 1.69 bits per heavy atom. The number of aliphatic hydroxyl groups is 1. The number of aliphatic hydroxyl groups excluding tert-OH is 1. The van der Waals surface area contributed by atoms with Gasteiger partial charge in [0.25, 0.3) is 0 Å². The molecule has 0 heterocycles. The fraction of sp³-hybridized carbons (Fsp3) is 0.825. The summed E-state index contributed by atoms with van der Waals surface area (Å²) in [5.41, 5.74) is 0. The van der Waals surface area contributed by atoms with Gasteiger partial charge in [-0.1, -0.05) is 140 Å². The van der Waals surface area contributed by atoms with Gasteiger partial charge in [0.1, 0.15) is 13.2 Å². The number of allylic oxidation sites excluding steroid dienone is 5. The molecule has 0 aromatic rings. The summed E-state index contributed by atoms with van der Waals surface area (Å²) < 4.78 is 23.4. The molecule has 0 rings (SSSR count). The first-order valence-corrected chi connectivity index (χ1v) is 21.4. The van der Waals surface area contributed by atoms with E-state index in [4.69, 9.17) is 9.05 Å². The van der Waals surface area contributed by atoms with E-state index in [-0.39, 0.29) is 19.1 Å². The molecule has 0 saturated carbocycles. The Morgan fingerprint density at radius 2 is 1.14 bits per heavy atom. The number of rotatable bonds is 35. The topological polar surface area (TPSA) is 105 Å². The fourth-order valence-electron chi connectivity index (χ4n) is 5.33. The van der Waals surface area contributed by atoms with E-state index >= 15 is 0 Å². The third-order valence-corrected chi connectivity index (χ3v) is 9.57. The molecule has 0 bridgehead atoms. The van der Waals surface area contributed by atoms with E-state index in [9.17, 15) is 19.4 Å². The third kappa shape index (κ3) is 34.9. The van der Waals surface area contributed by atoms with Gasteiger partial charge in [-0.05, 0) is 51.4 Å². The smallest absolute Gasteiger partial charge is 0.387 e. The van der Waals surface area contributed by atoms with Crippen LogP contribution in [0.4, 0.5) is 0 Å². The number of phosphoric acid groups is 1. The molecule has 0 saturated heterocycles. The first kappa shape index (κ1) is 47.7. The molecular weight excluding hydrogens is 635 g/mol. The van der Waals surface area contributed by atoms with Gasteiger partial charge in [0.2, 0.25) is 5.91 Å². The van der Waals surface area contributed by atoms with E-state index in [0.717, 1.165) is 57.8 Å². The van der Waals surface area contributed by atoms with Crippen molar-refractivity contribution in [2.75, 3.05) is 40.9 Å². The Balaban J connectivity index is 4.55. The van der Waals surface area contributed by atoms with Crippen molar-refractivity contribution in [3.8, 4) is 0 Å². The maximum absolute atomic E-state index is 12.7. The number of unbranched alkanes of at least 4 members (excludes halogenated alkanes) is 18. The van der Waals surface area contributed by atoms with E-state index in [2.05, 4.69) is 43.5 Å². The van der Waals surface area contributed by atoms with Crippen molar-refractivity contribution in [3.05, 3.63) is 36.5 Å². The quantitative estimate of drug-likeness (QED) is 0.0261. The molecule has 3 atom stereocenters. The molecule has 0 radical (unpaired) electrons. The number of carbonyl (C=O) groups is 1. The van der Waals surface area contributed by atoms with E-state index in [1.165, 1.54) is 83.5 Å². The molecule has 0 aliphatic rings. The Hall–Kier alpha value is -1.28. The summed E-state index contributed by atoms with van der Waals surface area (Å²) in [6.07, 6.45) is 37.9. The van der Waals surface area contributed by atoms with Crippen LogP contribution >= 0.6 is 7.82 Å². The van der Waals surface area contributed by atoms with Crippen molar-refractivity contribution in [1.82, 2.24) is 5.32 Å². The molecule has 0 spiro atoms. The average molecular weight is 714 g/mol. The van der Waals surface area contributed by atoms with E-state index in [0.29, 0.717) is 17.4 Å². The normalized spacial score (nSPS) is 15.0. The molecule has 9 heteroatoms. The molecule has 0 aliphatic heterocycles. The van der Waals surface area contributed by atoms with Gasteiger partial charge in [0.15, 0.2) is 0 Å². The van der Waals surface area contributed by atoms with Gasteiger partial charge in [0, 0.05) is 6.42 Å². The zero-order chi connectivity index (χ0) is 36.5. The Morgan fingerprint density at radius 1 is 0.673 bits per heavy atom. The highest BCUT2D eigenvalue weighted by Crippen LogP contribution is 2.43. The molecule has 3 N–H and O–H groups in total. The SMILES string of the molecule is CCCC/C=C\CCCCCCC(=O)NC(COP(=O)(O)OCC[N+](C)(C)C)C(O)/C=C/CC/C=C/CCCCCCCCCCCCC. The molecule has 8 nitrogen and oxygen atoms in total. The zero-order valence-corrected chi connectivity index (χ0v) is 33.3. The lowest BCUT2D eigenvalue weighted by molar-refractivity contribution is -0.870. The van der Waals surface area contributed by atoms with Crippen molar-refractivity contribution < 1.29 is 32.9 Å². The number of phosphoric ester groups is 1. The molecular formula is C40H78N2O6P+. The number of quaternary nitrogens is 1. The lowest BCUT2D eigenvalue weighted by atomic mass is 10.1. The summed E-state index contributed by atoms with van der Waals surface area (Å²) in [5.74, 6) is -0.204. The monoisotopic (exact) mass is 714 g/mol. The lowest BCUT2D eigenvalue weighted by Gasteiger charge is -2.25. The first-order valence-electron chi connectivity index (χ1n) is 19.9. The van der Waals surface area contributed by atoms with Gasteiger partial charge >= 0.3 is 7.82 Å². The molecule has 0 aliphatic carbocycles. The number of nitrogens with zero attached hydrogens (tertiary/aromatic N) is 1. The van der Waals surface area contributed by atoms with Crippen molar-refractivity contribution in [2.24, 2.45) is 0 Å². The maximum atomic E-state index is 12.7. The zero-order valence-electron chi connectivity index (χ0n) is 32.4. The predicted molar refractivity (Wildman–Crippen MR) is 208 cm³/mol. The summed E-state index contributed by atoms with van der Waals surface area (Å²) in [5, 5.41) is 13.7. The van der Waals surface area contributed by atoms with Crippen LogP contribution in [0.3, 0.4) is 0 Å². The van der Waals surface area contributed by atoms with Crippen LogP contribution in [0, 0.1) is 0 Å². The van der Waals surface area contributed by atoms with Crippen molar-refractivity contribution in [3.63, 3.8) is 0 Å². The summed E-state index contributed by atoms with van der Waals surface area (Å²) in [4.78, 5) is 22.9. The Bertz CT molecular complexity index is 902. The number of amides is 1. The Labute approximate surface area is 302 Å². The predicted octanol–water partition coefficient (Wildman–Crippen LogP) is 10.4. The van der Waals surface area contributed by atoms with Crippen molar-refractivity contribution >= 4 is 13.7 Å². The number of hydrogen-bond donors (Lipinski definition) is 3. The highest BCUT2D eigenvalue weighted by atomic mass is 31.2. The summed E-state index contributed by atoms with van der Waals surface area (Å²) in [6, 6.07) is -0.865. The van der Waals surface area contributed by atoms with E-state index < -0.39 is 20.0 Å². The molecule has 3 unspecified atom stereocenters. The van der Waals surface area contributed by atoms with Crippen LogP contribution in [0.1, 0.15) is 162 Å².